The lowest BCUT2D eigenvalue weighted by Gasteiger charge is -2.28. The van der Waals surface area contributed by atoms with Gasteiger partial charge in [0.2, 0.25) is 11.8 Å². The van der Waals surface area contributed by atoms with Crippen molar-refractivity contribution in [3.05, 3.63) is 29.8 Å². The van der Waals surface area contributed by atoms with Crippen molar-refractivity contribution in [2.45, 2.75) is 76.5 Å². The van der Waals surface area contributed by atoms with Crippen molar-refractivity contribution in [1.29, 1.82) is 0 Å². The molecule has 1 aromatic carbocycles. The van der Waals surface area contributed by atoms with E-state index in [1.807, 2.05) is 24.3 Å². The van der Waals surface area contributed by atoms with Gasteiger partial charge in [-0.25, -0.2) is 0 Å². The molecule has 0 unspecified atom stereocenters. The molecule has 2 fully saturated rings. The molecule has 0 spiro atoms. The van der Waals surface area contributed by atoms with Crippen LogP contribution in [0.4, 0.5) is 0 Å². The Bertz CT molecular complexity index is 728. The molecule has 0 heterocycles. The van der Waals surface area contributed by atoms with Gasteiger partial charge in [-0.15, -0.1) is 0 Å². The summed E-state index contributed by atoms with van der Waals surface area (Å²) < 4.78 is 10.6. The number of nitrogens with one attached hydrogen (secondary N) is 2. The minimum Gasteiger partial charge on any atom is -0.497 e. The fourth-order valence-electron chi connectivity index (χ4n) is 4.80. The highest BCUT2D eigenvalue weighted by Crippen LogP contribution is 2.28. The molecule has 2 aliphatic rings. The van der Waals surface area contributed by atoms with Crippen molar-refractivity contribution < 1.29 is 19.1 Å². The van der Waals surface area contributed by atoms with E-state index in [1.165, 1.54) is 32.1 Å². The molecule has 7 heteroatoms. The summed E-state index contributed by atoms with van der Waals surface area (Å²) in [5, 5.41) is 6.10. The summed E-state index contributed by atoms with van der Waals surface area (Å²) in [6.45, 7) is 0.432. The van der Waals surface area contributed by atoms with Gasteiger partial charge in [0.15, 0.2) is 0 Å². The summed E-state index contributed by atoms with van der Waals surface area (Å²) in [6, 6.07) is 7.15. The number of rotatable bonds is 11. The van der Waals surface area contributed by atoms with E-state index in [2.05, 4.69) is 10.6 Å². The number of carbonyl (C=O) groups is 2. The average Bonchev–Trinajstić information content (AvgIpc) is 2.87. The second-order valence-corrected chi connectivity index (χ2v) is 10.5. The molecular formula is C26H40N2O4S. The number of methoxy groups -OCH3 is 2. The summed E-state index contributed by atoms with van der Waals surface area (Å²) in [4.78, 5) is 26.0. The Morgan fingerprint density at radius 1 is 1.00 bits per heavy atom. The van der Waals surface area contributed by atoms with E-state index in [1.54, 1.807) is 26.0 Å². The molecule has 0 radical (unpaired) electrons. The van der Waals surface area contributed by atoms with Gasteiger partial charge in [0.25, 0.3) is 0 Å². The highest BCUT2D eigenvalue weighted by atomic mass is 32.2. The molecule has 0 bridgehead atoms. The van der Waals surface area contributed by atoms with Crippen molar-refractivity contribution in [3.63, 3.8) is 0 Å². The van der Waals surface area contributed by atoms with Gasteiger partial charge < -0.3 is 20.1 Å². The summed E-state index contributed by atoms with van der Waals surface area (Å²) in [5.41, 5.74) is 1.00. The molecule has 2 N–H and O–H groups in total. The predicted octanol–water partition coefficient (Wildman–Crippen LogP) is 4.31. The quantitative estimate of drug-likeness (QED) is 0.498. The fourth-order valence-corrected chi connectivity index (χ4v) is 6.07. The van der Waals surface area contributed by atoms with E-state index < -0.39 is 6.04 Å². The van der Waals surface area contributed by atoms with Crippen molar-refractivity contribution in [2.24, 2.45) is 11.8 Å². The van der Waals surface area contributed by atoms with Crippen LogP contribution >= 0.6 is 11.8 Å². The van der Waals surface area contributed by atoms with Crippen LogP contribution < -0.4 is 15.4 Å². The van der Waals surface area contributed by atoms with Crippen LogP contribution in [-0.2, 0) is 20.9 Å². The lowest BCUT2D eigenvalue weighted by molar-refractivity contribution is -0.131. The lowest BCUT2D eigenvalue weighted by atomic mass is 9.86. The summed E-state index contributed by atoms with van der Waals surface area (Å²) >= 11 is 1.80. The smallest absolute Gasteiger partial charge is 0.243 e. The topological polar surface area (TPSA) is 76.7 Å². The van der Waals surface area contributed by atoms with Gasteiger partial charge in [-0.05, 0) is 67.9 Å². The van der Waals surface area contributed by atoms with E-state index in [4.69, 9.17) is 9.47 Å². The Hall–Kier alpha value is -1.73. The first-order valence-electron chi connectivity index (χ1n) is 12.4. The summed E-state index contributed by atoms with van der Waals surface area (Å²) in [5.74, 6) is 3.08. The predicted molar refractivity (Wildman–Crippen MR) is 133 cm³/mol. The molecule has 2 amide bonds. The van der Waals surface area contributed by atoms with E-state index in [0.29, 0.717) is 12.3 Å². The minimum atomic E-state index is -0.510. The molecule has 0 saturated heterocycles. The first-order valence-corrected chi connectivity index (χ1v) is 13.6. The second kappa shape index (κ2) is 13.9. The maximum Gasteiger partial charge on any atom is 0.243 e. The van der Waals surface area contributed by atoms with Gasteiger partial charge in [-0.3, -0.25) is 9.59 Å². The molecule has 33 heavy (non-hydrogen) atoms. The van der Waals surface area contributed by atoms with Crippen LogP contribution in [0.15, 0.2) is 24.3 Å². The monoisotopic (exact) mass is 476 g/mol. The molecule has 2 aliphatic carbocycles. The SMILES string of the molecule is COc1ccc(CNC(=O)[C@H](CSCC2CCCCC2)NC(=O)C2CCC(OC)CC2)cc1. The van der Waals surface area contributed by atoms with Gasteiger partial charge in [0, 0.05) is 25.3 Å². The molecule has 3 rings (SSSR count). The lowest BCUT2D eigenvalue weighted by Crippen LogP contribution is -2.50. The highest BCUT2D eigenvalue weighted by Gasteiger charge is 2.29. The standard InChI is InChI=1S/C26H40N2O4S/c1-31-22-12-8-19(9-13-22)16-27-26(30)24(18-33-17-20-6-4-3-5-7-20)28-25(29)21-10-14-23(32-2)15-11-21/h8-9,12-13,20-21,23-24H,3-7,10-11,14-18H2,1-2H3,(H,27,30)(H,28,29)/t21?,23?,24-/m0/s1. The third-order valence-corrected chi connectivity index (χ3v) is 8.28. The van der Waals surface area contributed by atoms with Crippen LogP contribution in [0.2, 0.25) is 0 Å². The Kier molecular flexibility index (Phi) is 10.9. The second-order valence-electron chi connectivity index (χ2n) is 9.38. The normalized spacial score (nSPS) is 22.4. The molecular weight excluding hydrogens is 436 g/mol. The van der Waals surface area contributed by atoms with Gasteiger partial charge in [0.1, 0.15) is 11.8 Å². The maximum atomic E-state index is 13.1. The van der Waals surface area contributed by atoms with Crippen molar-refractivity contribution in [2.75, 3.05) is 25.7 Å². The van der Waals surface area contributed by atoms with Gasteiger partial charge in [0.05, 0.1) is 13.2 Å². The van der Waals surface area contributed by atoms with Gasteiger partial charge in [-0.1, -0.05) is 31.4 Å². The third kappa shape index (κ3) is 8.53. The Morgan fingerprint density at radius 2 is 1.70 bits per heavy atom. The average molecular weight is 477 g/mol. The molecule has 1 atom stereocenters. The Labute approximate surface area is 202 Å². The Morgan fingerprint density at radius 3 is 2.33 bits per heavy atom. The zero-order valence-corrected chi connectivity index (χ0v) is 21.0. The largest absolute Gasteiger partial charge is 0.497 e. The number of thioether (sulfide) groups is 1. The number of carbonyl (C=O) groups excluding carboxylic acids is 2. The molecule has 0 aliphatic heterocycles. The van der Waals surface area contributed by atoms with Gasteiger partial charge >= 0.3 is 0 Å². The van der Waals surface area contributed by atoms with Crippen LogP contribution in [-0.4, -0.2) is 49.7 Å². The zero-order valence-electron chi connectivity index (χ0n) is 20.1. The zero-order chi connectivity index (χ0) is 23.5. The molecule has 1 aromatic rings. The van der Waals surface area contributed by atoms with E-state index >= 15 is 0 Å². The van der Waals surface area contributed by atoms with Crippen LogP contribution in [0.5, 0.6) is 5.75 Å². The molecule has 6 nitrogen and oxygen atoms in total. The molecule has 2 saturated carbocycles. The van der Waals surface area contributed by atoms with Crippen LogP contribution in [0.1, 0.15) is 63.4 Å². The first kappa shape index (κ1) is 25.9. The number of hydrogen-bond acceptors (Lipinski definition) is 5. The summed E-state index contributed by atoms with van der Waals surface area (Å²) in [7, 11) is 3.37. The van der Waals surface area contributed by atoms with E-state index in [9.17, 15) is 9.59 Å². The minimum absolute atomic E-state index is 0.00687. The number of benzene rings is 1. The van der Waals surface area contributed by atoms with E-state index in [0.717, 1.165) is 48.7 Å². The Balaban J connectivity index is 1.53. The van der Waals surface area contributed by atoms with Crippen molar-refractivity contribution in [1.82, 2.24) is 10.6 Å². The maximum absolute atomic E-state index is 13.1. The summed E-state index contributed by atoms with van der Waals surface area (Å²) in [6.07, 6.45) is 10.3. The fraction of sp³-hybridized carbons (Fsp3) is 0.692. The van der Waals surface area contributed by atoms with Gasteiger partial charge in [-0.2, -0.15) is 11.8 Å². The van der Waals surface area contributed by atoms with Crippen molar-refractivity contribution >= 4 is 23.6 Å². The first-order chi connectivity index (χ1) is 16.1. The third-order valence-electron chi connectivity index (χ3n) is 7.00. The number of ether oxygens (including phenoxy) is 2. The van der Waals surface area contributed by atoms with Crippen LogP contribution in [0.3, 0.4) is 0 Å². The molecule has 184 valence electrons. The highest BCUT2D eigenvalue weighted by molar-refractivity contribution is 7.99. The number of hydrogen-bond donors (Lipinski definition) is 2. The van der Waals surface area contributed by atoms with Crippen LogP contribution in [0.25, 0.3) is 0 Å². The molecule has 0 aromatic heterocycles. The van der Waals surface area contributed by atoms with Crippen molar-refractivity contribution in [3.8, 4) is 5.75 Å². The van der Waals surface area contributed by atoms with E-state index in [-0.39, 0.29) is 23.8 Å². The number of amides is 2. The van der Waals surface area contributed by atoms with Crippen LogP contribution in [0, 0.1) is 11.8 Å².